The number of anilines is 1. The van der Waals surface area contributed by atoms with Gasteiger partial charge in [0, 0.05) is 24.6 Å². The maximum Gasteiger partial charge on any atom is 0.0405 e. The molecule has 1 fully saturated rings. The number of halogens is 1. The van der Waals surface area contributed by atoms with Crippen LogP contribution < -0.4 is 4.90 Å². The first-order valence-electron chi connectivity index (χ1n) is 5.98. The van der Waals surface area contributed by atoms with Crippen LogP contribution in [-0.4, -0.2) is 13.6 Å². The molecular weight excluding hydrogens is 262 g/mol. The minimum absolute atomic E-state index is 0.912. The Balaban J connectivity index is 2.12. The Morgan fingerprint density at radius 3 is 2.69 bits per heavy atom. The van der Waals surface area contributed by atoms with E-state index in [0.717, 1.165) is 17.2 Å². The zero-order valence-electron chi connectivity index (χ0n) is 10.3. The van der Waals surface area contributed by atoms with Crippen molar-refractivity contribution < 1.29 is 0 Å². The van der Waals surface area contributed by atoms with Gasteiger partial charge in [0.1, 0.15) is 0 Å². The largest absolute Gasteiger partial charge is 0.374 e. The number of aryl methyl sites for hydroxylation is 1. The first-order valence-corrected chi connectivity index (χ1v) is 7.10. The van der Waals surface area contributed by atoms with Crippen molar-refractivity contribution >= 4 is 21.6 Å². The van der Waals surface area contributed by atoms with Gasteiger partial charge in [-0.2, -0.15) is 0 Å². The van der Waals surface area contributed by atoms with Crippen LogP contribution >= 0.6 is 15.9 Å². The summed E-state index contributed by atoms with van der Waals surface area (Å²) < 4.78 is 0. The van der Waals surface area contributed by atoms with E-state index in [-0.39, 0.29) is 0 Å². The molecule has 0 saturated heterocycles. The molecule has 2 unspecified atom stereocenters. The number of nitrogens with zero attached hydrogens (tertiary/aromatic N) is 1. The Morgan fingerprint density at radius 2 is 2.12 bits per heavy atom. The Bertz CT molecular complexity index is 375. The van der Waals surface area contributed by atoms with Crippen LogP contribution in [0.15, 0.2) is 18.2 Å². The van der Waals surface area contributed by atoms with Crippen LogP contribution in [-0.2, 0) is 5.33 Å². The van der Waals surface area contributed by atoms with Crippen molar-refractivity contribution in [2.24, 2.45) is 11.8 Å². The molecule has 0 spiro atoms. The molecule has 0 heterocycles. The van der Waals surface area contributed by atoms with Gasteiger partial charge >= 0.3 is 0 Å². The van der Waals surface area contributed by atoms with Crippen LogP contribution in [0, 0.1) is 18.8 Å². The zero-order valence-corrected chi connectivity index (χ0v) is 11.9. The molecule has 1 nitrogen and oxygen atoms in total. The predicted octanol–water partition coefficient (Wildman–Crippen LogP) is 3.98. The minimum Gasteiger partial charge on any atom is -0.374 e. The smallest absolute Gasteiger partial charge is 0.0405 e. The van der Waals surface area contributed by atoms with Gasteiger partial charge in [0.2, 0.25) is 0 Å². The maximum absolute atomic E-state index is 3.58. The van der Waals surface area contributed by atoms with Crippen LogP contribution in [0.3, 0.4) is 0 Å². The van der Waals surface area contributed by atoms with Crippen LogP contribution in [0.4, 0.5) is 5.69 Å². The summed E-state index contributed by atoms with van der Waals surface area (Å²) in [5, 5.41) is 0.939. The van der Waals surface area contributed by atoms with E-state index in [2.05, 4.69) is 59.9 Å². The first-order chi connectivity index (χ1) is 7.61. The molecule has 88 valence electrons. The highest BCUT2D eigenvalue weighted by Crippen LogP contribution is 2.39. The molecule has 1 aliphatic carbocycles. The molecule has 1 aromatic carbocycles. The quantitative estimate of drug-likeness (QED) is 0.755. The molecule has 1 aliphatic rings. The number of hydrogen-bond donors (Lipinski definition) is 0. The van der Waals surface area contributed by atoms with Gasteiger partial charge in [0.05, 0.1) is 0 Å². The Morgan fingerprint density at radius 1 is 1.44 bits per heavy atom. The van der Waals surface area contributed by atoms with Crippen molar-refractivity contribution in [1.29, 1.82) is 0 Å². The molecule has 0 radical (unpaired) electrons. The fraction of sp³-hybridized carbons (Fsp3) is 0.571. The van der Waals surface area contributed by atoms with E-state index < -0.39 is 0 Å². The van der Waals surface area contributed by atoms with Crippen molar-refractivity contribution in [3.8, 4) is 0 Å². The molecule has 0 N–H and O–H groups in total. The SMILES string of the molecule is Cc1ccc(N(C)CC2CC2C)c(CBr)c1. The average Bonchev–Trinajstić information content (AvgIpc) is 2.93. The van der Waals surface area contributed by atoms with Gasteiger partial charge in [0.15, 0.2) is 0 Å². The van der Waals surface area contributed by atoms with Gasteiger partial charge < -0.3 is 4.90 Å². The average molecular weight is 282 g/mol. The van der Waals surface area contributed by atoms with E-state index in [0.29, 0.717) is 0 Å². The molecule has 0 aliphatic heterocycles. The van der Waals surface area contributed by atoms with Gasteiger partial charge in [-0.15, -0.1) is 0 Å². The third kappa shape index (κ3) is 2.60. The standard InChI is InChI=1S/C14H20BrN/c1-10-4-5-14(12(6-10)8-15)16(3)9-13-7-11(13)2/h4-6,11,13H,7-9H2,1-3H3. The molecule has 0 aromatic heterocycles. The maximum atomic E-state index is 3.58. The molecular formula is C14H20BrN. The molecule has 0 bridgehead atoms. The second-order valence-electron chi connectivity index (χ2n) is 5.12. The second-order valence-corrected chi connectivity index (χ2v) is 5.68. The van der Waals surface area contributed by atoms with Crippen molar-refractivity contribution in [3.63, 3.8) is 0 Å². The van der Waals surface area contributed by atoms with Crippen molar-refractivity contribution in [1.82, 2.24) is 0 Å². The number of hydrogen-bond acceptors (Lipinski definition) is 1. The molecule has 0 amide bonds. The van der Waals surface area contributed by atoms with Crippen LogP contribution in [0.1, 0.15) is 24.5 Å². The molecule has 1 aromatic rings. The molecule has 2 heteroatoms. The highest BCUT2D eigenvalue weighted by atomic mass is 79.9. The van der Waals surface area contributed by atoms with Crippen molar-refractivity contribution in [2.75, 3.05) is 18.5 Å². The minimum atomic E-state index is 0.912. The number of alkyl halides is 1. The van der Waals surface area contributed by atoms with E-state index in [9.17, 15) is 0 Å². The van der Waals surface area contributed by atoms with Gasteiger partial charge in [0.25, 0.3) is 0 Å². The van der Waals surface area contributed by atoms with Crippen molar-refractivity contribution in [3.05, 3.63) is 29.3 Å². The van der Waals surface area contributed by atoms with Gasteiger partial charge in [-0.3, -0.25) is 0 Å². The monoisotopic (exact) mass is 281 g/mol. The zero-order chi connectivity index (χ0) is 11.7. The van der Waals surface area contributed by atoms with Gasteiger partial charge in [-0.1, -0.05) is 40.5 Å². The lowest BCUT2D eigenvalue weighted by Gasteiger charge is -2.22. The summed E-state index contributed by atoms with van der Waals surface area (Å²) in [4.78, 5) is 2.41. The fourth-order valence-electron chi connectivity index (χ4n) is 2.30. The lowest BCUT2D eigenvalue weighted by molar-refractivity contribution is 0.724. The predicted molar refractivity (Wildman–Crippen MR) is 74.4 cm³/mol. The van der Waals surface area contributed by atoms with Gasteiger partial charge in [-0.25, -0.2) is 0 Å². The lowest BCUT2D eigenvalue weighted by atomic mass is 10.1. The first kappa shape index (κ1) is 12.0. The van der Waals surface area contributed by atoms with E-state index in [1.165, 1.54) is 29.8 Å². The topological polar surface area (TPSA) is 3.24 Å². The Labute approximate surface area is 107 Å². The number of rotatable bonds is 4. The van der Waals surface area contributed by atoms with Gasteiger partial charge in [-0.05, 0) is 36.8 Å². The summed E-state index contributed by atoms with van der Waals surface area (Å²) in [5.41, 5.74) is 4.11. The summed E-state index contributed by atoms with van der Waals surface area (Å²) in [6.45, 7) is 5.70. The fourth-order valence-corrected chi connectivity index (χ4v) is 2.75. The molecule has 2 atom stereocenters. The van der Waals surface area contributed by atoms with E-state index in [1.807, 2.05) is 0 Å². The van der Waals surface area contributed by atoms with Crippen LogP contribution in [0.25, 0.3) is 0 Å². The summed E-state index contributed by atoms with van der Waals surface area (Å²) in [5.74, 6) is 1.84. The summed E-state index contributed by atoms with van der Waals surface area (Å²) in [7, 11) is 2.21. The van der Waals surface area contributed by atoms with Crippen LogP contribution in [0.5, 0.6) is 0 Å². The van der Waals surface area contributed by atoms with E-state index >= 15 is 0 Å². The molecule has 1 saturated carbocycles. The van der Waals surface area contributed by atoms with E-state index in [1.54, 1.807) is 0 Å². The van der Waals surface area contributed by atoms with Crippen LogP contribution in [0.2, 0.25) is 0 Å². The highest BCUT2D eigenvalue weighted by Gasteiger charge is 2.33. The normalized spacial score (nSPS) is 23.2. The number of benzene rings is 1. The summed E-state index contributed by atoms with van der Waals surface area (Å²) in [6.07, 6.45) is 1.40. The Kier molecular flexibility index (Phi) is 3.58. The Hall–Kier alpha value is -0.500. The summed E-state index contributed by atoms with van der Waals surface area (Å²) >= 11 is 3.58. The molecule has 2 rings (SSSR count). The summed E-state index contributed by atoms with van der Waals surface area (Å²) in [6, 6.07) is 6.73. The van der Waals surface area contributed by atoms with E-state index in [4.69, 9.17) is 0 Å². The highest BCUT2D eigenvalue weighted by molar-refractivity contribution is 9.08. The third-order valence-corrected chi connectivity index (χ3v) is 4.18. The molecule has 16 heavy (non-hydrogen) atoms. The van der Waals surface area contributed by atoms with Crippen molar-refractivity contribution in [2.45, 2.75) is 25.6 Å². The lowest BCUT2D eigenvalue weighted by Crippen LogP contribution is -2.21. The second kappa shape index (κ2) is 4.79. The third-order valence-electron chi connectivity index (χ3n) is 3.57.